The summed E-state index contributed by atoms with van der Waals surface area (Å²) in [5.41, 5.74) is 1.79. The SMILES string of the molecule is Cc1nn2cccnc2c1C(=O)N1CCC[C@@H](CCC(=O)O)C1. The lowest BCUT2D eigenvalue weighted by atomic mass is 9.93. The summed E-state index contributed by atoms with van der Waals surface area (Å²) < 4.78 is 1.62. The zero-order valence-electron chi connectivity index (χ0n) is 13.1. The van der Waals surface area contributed by atoms with Gasteiger partial charge in [-0.15, -0.1) is 0 Å². The van der Waals surface area contributed by atoms with Crippen molar-refractivity contribution in [1.29, 1.82) is 0 Å². The molecule has 1 amide bonds. The molecule has 3 heterocycles. The highest BCUT2D eigenvalue weighted by Crippen LogP contribution is 2.24. The summed E-state index contributed by atoms with van der Waals surface area (Å²) >= 11 is 0. The Hall–Kier alpha value is -2.44. The largest absolute Gasteiger partial charge is 0.481 e. The highest BCUT2D eigenvalue weighted by atomic mass is 16.4. The Kier molecular flexibility index (Phi) is 4.27. The number of hydrogen-bond acceptors (Lipinski definition) is 4. The number of hydrogen-bond donors (Lipinski definition) is 1. The third-order valence-electron chi connectivity index (χ3n) is 4.36. The minimum Gasteiger partial charge on any atom is -0.481 e. The molecule has 0 saturated carbocycles. The molecule has 0 spiro atoms. The quantitative estimate of drug-likeness (QED) is 0.928. The first-order chi connectivity index (χ1) is 11.1. The van der Waals surface area contributed by atoms with Crippen LogP contribution in [0.25, 0.3) is 5.65 Å². The number of aliphatic carboxylic acids is 1. The molecule has 0 bridgehead atoms. The van der Waals surface area contributed by atoms with E-state index in [-0.39, 0.29) is 18.2 Å². The van der Waals surface area contributed by atoms with E-state index in [1.807, 2.05) is 11.8 Å². The number of aromatic nitrogens is 3. The number of carboxylic acids is 1. The Balaban J connectivity index is 1.79. The number of nitrogens with zero attached hydrogens (tertiary/aromatic N) is 4. The number of fused-ring (bicyclic) bond motifs is 1. The highest BCUT2D eigenvalue weighted by Gasteiger charge is 2.28. The Labute approximate surface area is 133 Å². The lowest BCUT2D eigenvalue weighted by molar-refractivity contribution is -0.137. The number of aryl methyl sites for hydroxylation is 1. The van der Waals surface area contributed by atoms with Crippen LogP contribution in [0.15, 0.2) is 18.5 Å². The number of carbonyl (C=O) groups is 2. The van der Waals surface area contributed by atoms with Crippen molar-refractivity contribution in [2.24, 2.45) is 5.92 Å². The van der Waals surface area contributed by atoms with Crippen LogP contribution in [0, 0.1) is 12.8 Å². The second-order valence-electron chi connectivity index (χ2n) is 6.04. The molecule has 0 radical (unpaired) electrons. The Morgan fingerprint density at radius 2 is 2.26 bits per heavy atom. The van der Waals surface area contributed by atoms with Gasteiger partial charge in [0.1, 0.15) is 5.56 Å². The summed E-state index contributed by atoms with van der Waals surface area (Å²) in [6.45, 7) is 3.12. The van der Waals surface area contributed by atoms with Crippen molar-refractivity contribution >= 4 is 17.5 Å². The van der Waals surface area contributed by atoms with E-state index in [9.17, 15) is 9.59 Å². The number of carboxylic acid groups (broad SMARTS) is 1. The summed E-state index contributed by atoms with van der Waals surface area (Å²) in [7, 11) is 0. The van der Waals surface area contributed by atoms with Gasteiger partial charge in [0.15, 0.2) is 5.65 Å². The fourth-order valence-electron chi connectivity index (χ4n) is 3.22. The van der Waals surface area contributed by atoms with Crippen molar-refractivity contribution in [3.05, 3.63) is 29.7 Å². The number of carbonyl (C=O) groups excluding carboxylic acids is 1. The van der Waals surface area contributed by atoms with E-state index < -0.39 is 5.97 Å². The van der Waals surface area contributed by atoms with Crippen molar-refractivity contribution in [2.45, 2.75) is 32.6 Å². The van der Waals surface area contributed by atoms with Gasteiger partial charge in [-0.2, -0.15) is 5.10 Å². The van der Waals surface area contributed by atoms with Crippen LogP contribution in [0.4, 0.5) is 0 Å². The molecule has 1 aliphatic heterocycles. The van der Waals surface area contributed by atoms with Gasteiger partial charge >= 0.3 is 5.97 Å². The molecule has 1 atom stereocenters. The van der Waals surface area contributed by atoms with E-state index in [0.717, 1.165) is 12.8 Å². The van der Waals surface area contributed by atoms with Crippen LogP contribution in [0.1, 0.15) is 41.7 Å². The standard InChI is InChI=1S/C16H20N4O3/c1-11-14(15-17-7-3-9-20(15)18-11)16(23)19-8-2-4-12(10-19)5-6-13(21)22/h3,7,9,12H,2,4-6,8,10H2,1H3,(H,21,22)/t12-/m0/s1. The molecule has 7 heteroatoms. The molecule has 0 unspecified atom stereocenters. The van der Waals surface area contributed by atoms with E-state index in [2.05, 4.69) is 10.1 Å². The van der Waals surface area contributed by atoms with Gasteiger partial charge < -0.3 is 10.0 Å². The lowest BCUT2D eigenvalue weighted by Gasteiger charge is -2.32. The number of amides is 1. The summed E-state index contributed by atoms with van der Waals surface area (Å²) in [6.07, 6.45) is 6.08. The van der Waals surface area contributed by atoms with Gasteiger partial charge in [0.25, 0.3) is 5.91 Å². The summed E-state index contributed by atoms with van der Waals surface area (Å²) in [6, 6.07) is 1.77. The van der Waals surface area contributed by atoms with Crippen LogP contribution in [0.2, 0.25) is 0 Å². The first-order valence-corrected chi connectivity index (χ1v) is 7.87. The maximum absolute atomic E-state index is 12.9. The molecule has 2 aromatic heterocycles. The number of piperidine rings is 1. The minimum absolute atomic E-state index is 0.0591. The molecule has 122 valence electrons. The van der Waals surface area contributed by atoms with Gasteiger partial charge in [-0.05, 0) is 38.2 Å². The molecule has 1 saturated heterocycles. The molecule has 0 aromatic carbocycles. The lowest BCUT2D eigenvalue weighted by Crippen LogP contribution is -2.40. The second-order valence-corrected chi connectivity index (χ2v) is 6.04. The molecule has 1 N–H and O–H groups in total. The van der Waals surface area contributed by atoms with E-state index in [1.165, 1.54) is 0 Å². The van der Waals surface area contributed by atoms with Crippen molar-refractivity contribution < 1.29 is 14.7 Å². The topological polar surface area (TPSA) is 87.8 Å². The molecule has 0 aliphatic carbocycles. The average molecular weight is 316 g/mol. The van der Waals surface area contributed by atoms with Crippen LogP contribution in [-0.2, 0) is 4.79 Å². The Morgan fingerprint density at radius 1 is 1.43 bits per heavy atom. The molecule has 7 nitrogen and oxygen atoms in total. The summed E-state index contributed by atoms with van der Waals surface area (Å²) in [5, 5.41) is 13.2. The summed E-state index contributed by atoms with van der Waals surface area (Å²) in [4.78, 5) is 29.7. The predicted octanol–water partition coefficient (Wildman–Crippen LogP) is 1.75. The number of likely N-dealkylation sites (tertiary alicyclic amines) is 1. The maximum Gasteiger partial charge on any atom is 0.303 e. The monoisotopic (exact) mass is 316 g/mol. The first-order valence-electron chi connectivity index (χ1n) is 7.87. The molecule has 23 heavy (non-hydrogen) atoms. The third-order valence-corrected chi connectivity index (χ3v) is 4.36. The van der Waals surface area contributed by atoms with Crippen LogP contribution in [0.5, 0.6) is 0 Å². The van der Waals surface area contributed by atoms with E-state index in [4.69, 9.17) is 5.11 Å². The summed E-state index contributed by atoms with van der Waals surface area (Å²) in [5.74, 6) is -0.591. The molecule has 3 rings (SSSR count). The zero-order chi connectivity index (χ0) is 16.4. The average Bonchev–Trinajstić information content (AvgIpc) is 2.88. The third kappa shape index (κ3) is 3.18. The fourth-order valence-corrected chi connectivity index (χ4v) is 3.22. The van der Waals surface area contributed by atoms with Gasteiger partial charge in [0.2, 0.25) is 0 Å². The molecule has 1 fully saturated rings. The van der Waals surface area contributed by atoms with Crippen molar-refractivity contribution in [3.8, 4) is 0 Å². The van der Waals surface area contributed by atoms with Crippen molar-refractivity contribution in [3.63, 3.8) is 0 Å². The second kappa shape index (κ2) is 6.36. The molecule has 1 aliphatic rings. The van der Waals surface area contributed by atoms with Gasteiger partial charge in [0.05, 0.1) is 5.69 Å². The predicted molar refractivity (Wildman–Crippen MR) is 83.2 cm³/mol. The van der Waals surface area contributed by atoms with Crippen molar-refractivity contribution in [2.75, 3.05) is 13.1 Å². The van der Waals surface area contributed by atoms with E-state index in [1.54, 1.807) is 23.0 Å². The normalized spacial score (nSPS) is 18.3. The van der Waals surface area contributed by atoms with Gasteiger partial charge in [-0.1, -0.05) is 0 Å². The number of rotatable bonds is 4. The smallest absolute Gasteiger partial charge is 0.303 e. The van der Waals surface area contributed by atoms with Crippen LogP contribution < -0.4 is 0 Å². The molecule has 2 aromatic rings. The van der Waals surface area contributed by atoms with Crippen molar-refractivity contribution in [1.82, 2.24) is 19.5 Å². The van der Waals surface area contributed by atoms with Crippen LogP contribution >= 0.6 is 0 Å². The maximum atomic E-state index is 12.9. The van der Waals surface area contributed by atoms with E-state index in [0.29, 0.717) is 36.4 Å². The Morgan fingerprint density at radius 3 is 3.04 bits per heavy atom. The van der Waals surface area contributed by atoms with Gasteiger partial charge in [-0.3, -0.25) is 9.59 Å². The zero-order valence-corrected chi connectivity index (χ0v) is 13.1. The van der Waals surface area contributed by atoms with Crippen LogP contribution in [-0.4, -0.2) is 49.6 Å². The minimum atomic E-state index is -0.781. The van der Waals surface area contributed by atoms with Gasteiger partial charge in [0, 0.05) is 31.9 Å². The van der Waals surface area contributed by atoms with Gasteiger partial charge in [-0.25, -0.2) is 9.50 Å². The fraction of sp³-hybridized carbons (Fsp3) is 0.500. The van der Waals surface area contributed by atoms with E-state index >= 15 is 0 Å². The first kappa shape index (κ1) is 15.5. The molecular weight excluding hydrogens is 296 g/mol. The highest BCUT2D eigenvalue weighted by molar-refractivity contribution is 6.01. The Bertz CT molecular complexity index is 740. The molecular formula is C16H20N4O3. The van der Waals surface area contributed by atoms with Crippen LogP contribution in [0.3, 0.4) is 0 Å².